The molecule has 2 heterocycles. The van der Waals surface area contributed by atoms with Crippen LogP contribution in [0.3, 0.4) is 0 Å². The fraction of sp³-hybridized carbons (Fsp3) is 0.381. The van der Waals surface area contributed by atoms with Crippen LogP contribution >= 0.6 is 23.1 Å². The SMILES string of the molecule is COC(=O)CCSCC(=O)N1N=C(c2cccs2)C[C@@H]1c1cccc(OC)c1OC. The minimum Gasteiger partial charge on any atom is -0.493 e. The average Bonchev–Trinajstić information content (AvgIpc) is 3.45. The standard InChI is InChI=1S/C21H24N2O5S2/c1-26-17-7-4-6-14(21(17)28-3)16-12-15(18-8-5-10-30-18)22-23(16)19(24)13-29-11-9-20(25)27-2/h4-8,10,16H,9,11-13H2,1-3H3/t16-/m1/s1. The Morgan fingerprint density at radius 1 is 1.20 bits per heavy atom. The summed E-state index contributed by atoms with van der Waals surface area (Å²) in [4.78, 5) is 25.3. The number of nitrogens with zero attached hydrogens (tertiary/aromatic N) is 2. The molecule has 1 aliphatic heterocycles. The van der Waals surface area contributed by atoms with Gasteiger partial charge in [0.25, 0.3) is 5.91 Å². The van der Waals surface area contributed by atoms with Crippen LogP contribution < -0.4 is 9.47 Å². The minimum absolute atomic E-state index is 0.119. The van der Waals surface area contributed by atoms with Crippen LogP contribution in [0, 0.1) is 0 Å². The Morgan fingerprint density at radius 3 is 2.70 bits per heavy atom. The van der Waals surface area contributed by atoms with E-state index < -0.39 is 0 Å². The van der Waals surface area contributed by atoms with Crippen molar-refractivity contribution in [1.82, 2.24) is 5.01 Å². The lowest BCUT2D eigenvalue weighted by Crippen LogP contribution is -2.29. The van der Waals surface area contributed by atoms with Crippen LogP contribution in [0.1, 0.15) is 29.3 Å². The van der Waals surface area contributed by atoms with Crippen molar-refractivity contribution >= 4 is 40.7 Å². The summed E-state index contributed by atoms with van der Waals surface area (Å²) in [6, 6.07) is 9.32. The van der Waals surface area contributed by atoms with Gasteiger partial charge < -0.3 is 14.2 Å². The first-order valence-corrected chi connectivity index (χ1v) is 11.4. The summed E-state index contributed by atoms with van der Waals surface area (Å²) in [5, 5.41) is 8.19. The molecule has 1 amide bonds. The van der Waals surface area contributed by atoms with Crippen LogP contribution in [-0.4, -0.2) is 55.4 Å². The molecule has 160 valence electrons. The largest absolute Gasteiger partial charge is 0.493 e. The van der Waals surface area contributed by atoms with Gasteiger partial charge in [0.15, 0.2) is 11.5 Å². The number of thiophene rings is 1. The van der Waals surface area contributed by atoms with Gasteiger partial charge in [0.2, 0.25) is 0 Å². The van der Waals surface area contributed by atoms with Crippen molar-refractivity contribution in [3.63, 3.8) is 0 Å². The van der Waals surface area contributed by atoms with E-state index in [0.29, 0.717) is 23.7 Å². The Morgan fingerprint density at radius 2 is 2.03 bits per heavy atom. The molecule has 0 saturated heterocycles. The van der Waals surface area contributed by atoms with Gasteiger partial charge in [0, 0.05) is 17.7 Å². The molecule has 1 aromatic carbocycles. The maximum atomic E-state index is 13.0. The van der Waals surface area contributed by atoms with E-state index in [1.54, 1.807) is 25.6 Å². The Kier molecular flexibility index (Phi) is 7.75. The zero-order valence-electron chi connectivity index (χ0n) is 17.1. The quantitative estimate of drug-likeness (QED) is 0.430. The highest BCUT2D eigenvalue weighted by molar-refractivity contribution is 7.99. The number of ether oxygens (including phenoxy) is 3. The number of carbonyl (C=O) groups excluding carboxylic acids is 2. The third-order valence-corrected chi connectivity index (χ3v) is 6.53. The zero-order chi connectivity index (χ0) is 21.5. The molecule has 0 aliphatic carbocycles. The molecule has 0 bridgehead atoms. The number of esters is 1. The molecule has 1 atom stereocenters. The number of hydrogen-bond acceptors (Lipinski definition) is 8. The van der Waals surface area contributed by atoms with Crippen LogP contribution in [0.15, 0.2) is 40.8 Å². The van der Waals surface area contributed by atoms with Crippen molar-refractivity contribution < 1.29 is 23.8 Å². The van der Waals surface area contributed by atoms with Crippen LogP contribution in [-0.2, 0) is 14.3 Å². The number of carbonyl (C=O) groups is 2. The maximum absolute atomic E-state index is 13.0. The van der Waals surface area contributed by atoms with Crippen molar-refractivity contribution in [2.24, 2.45) is 5.10 Å². The first-order valence-electron chi connectivity index (χ1n) is 9.37. The maximum Gasteiger partial charge on any atom is 0.306 e. The van der Waals surface area contributed by atoms with Gasteiger partial charge >= 0.3 is 5.97 Å². The van der Waals surface area contributed by atoms with E-state index in [1.165, 1.54) is 23.9 Å². The molecule has 0 radical (unpaired) electrons. The predicted octanol–water partition coefficient (Wildman–Crippen LogP) is 3.74. The second-order valence-corrected chi connectivity index (χ2v) is 8.50. The number of benzene rings is 1. The number of methoxy groups -OCH3 is 3. The molecule has 1 aliphatic rings. The Labute approximate surface area is 184 Å². The monoisotopic (exact) mass is 448 g/mol. The number of amides is 1. The van der Waals surface area contributed by atoms with Crippen molar-refractivity contribution in [1.29, 1.82) is 0 Å². The molecule has 2 aromatic rings. The van der Waals surface area contributed by atoms with Crippen molar-refractivity contribution in [3.8, 4) is 11.5 Å². The average molecular weight is 449 g/mol. The lowest BCUT2D eigenvalue weighted by molar-refractivity contribution is -0.140. The lowest BCUT2D eigenvalue weighted by Gasteiger charge is -2.24. The molecule has 3 rings (SSSR count). The topological polar surface area (TPSA) is 77.4 Å². The van der Waals surface area contributed by atoms with Gasteiger partial charge in [-0.1, -0.05) is 18.2 Å². The molecule has 9 heteroatoms. The number of hydrogen-bond donors (Lipinski definition) is 0. The highest BCUT2D eigenvalue weighted by Gasteiger charge is 2.35. The third-order valence-electron chi connectivity index (χ3n) is 4.67. The normalized spacial score (nSPS) is 15.6. The third kappa shape index (κ3) is 4.96. The van der Waals surface area contributed by atoms with E-state index in [9.17, 15) is 9.59 Å². The van der Waals surface area contributed by atoms with E-state index in [0.717, 1.165) is 16.2 Å². The fourth-order valence-corrected chi connectivity index (χ4v) is 4.71. The Balaban J connectivity index is 1.83. The highest BCUT2D eigenvalue weighted by Crippen LogP contribution is 2.42. The molecule has 1 aromatic heterocycles. The molecule has 0 spiro atoms. The van der Waals surface area contributed by atoms with Gasteiger partial charge in [-0.3, -0.25) is 9.59 Å². The van der Waals surface area contributed by atoms with Gasteiger partial charge in [0.05, 0.1) is 50.1 Å². The van der Waals surface area contributed by atoms with Crippen LogP contribution in [0.4, 0.5) is 0 Å². The predicted molar refractivity (Wildman–Crippen MR) is 119 cm³/mol. The summed E-state index contributed by atoms with van der Waals surface area (Å²) >= 11 is 2.99. The Hall–Kier alpha value is -2.52. The van der Waals surface area contributed by atoms with Gasteiger partial charge in [0.1, 0.15) is 0 Å². The second kappa shape index (κ2) is 10.5. The Bertz CT molecular complexity index is 914. The van der Waals surface area contributed by atoms with E-state index in [-0.39, 0.29) is 30.1 Å². The summed E-state index contributed by atoms with van der Waals surface area (Å²) in [7, 11) is 4.53. The van der Waals surface area contributed by atoms with Crippen molar-refractivity contribution in [2.45, 2.75) is 18.9 Å². The van der Waals surface area contributed by atoms with E-state index in [2.05, 4.69) is 9.84 Å². The molecule has 30 heavy (non-hydrogen) atoms. The summed E-state index contributed by atoms with van der Waals surface area (Å²) in [6.07, 6.45) is 0.855. The van der Waals surface area contributed by atoms with E-state index in [4.69, 9.17) is 9.47 Å². The van der Waals surface area contributed by atoms with Gasteiger partial charge in [-0.2, -0.15) is 16.9 Å². The van der Waals surface area contributed by atoms with Crippen molar-refractivity contribution in [2.75, 3.05) is 32.8 Å². The van der Waals surface area contributed by atoms with E-state index >= 15 is 0 Å². The number of thioether (sulfide) groups is 1. The highest BCUT2D eigenvalue weighted by atomic mass is 32.2. The van der Waals surface area contributed by atoms with Gasteiger partial charge in [-0.05, 0) is 17.5 Å². The summed E-state index contributed by atoms with van der Waals surface area (Å²) < 4.78 is 15.7. The van der Waals surface area contributed by atoms with Crippen LogP contribution in [0.25, 0.3) is 0 Å². The first kappa shape index (κ1) is 22.2. The number of rotatable bonds is 9. The first-order chi connectivity index (χ1) is 14.6. The molecule has 0 unspecified atom stereocenters. The number of hydrazone groups is 1. The second-order valence-electron chi connectivity index (χ2n) is 6.44. The fourth-order valence-electron chi connectivity index (χ4n) is 3.23. The van der Waals surface area contributed by atoms with Crippen LogP contribution in [0.2, 0.25) is 0 Å². The lowest BCUT2D eigenvalue weighted by atomic mass is 9.99. The molecule has 0 fully saturated rings. The minimum atomic E-state index is -0.291. The van der Waals surface area contributed by atoms with Crippen LogP contribution in [0.5, 0.6) is 11.5 Å². The van der Waals surface area contributed by atoms with Gasteiger partial charge in [-0.15, -0.1) is 11.3 Å². The van der Waals surface area contributed by atoms with Gasteiger partial charge in [-0.25, -0.2) is 5.01 Å². The molecular weight excluding hydrogens is 424 g/mol. The zero-order valence-corrected chi connectivity index (χ0v) is 18.8. The summed E-state index contributed by atoms with van der Waals surface area (Å²) in [5.74, 6) is 1.55. The van der Waals surface area contributed by atoms with Crippen molar-refractivity contribution in [3.05, 3.63) is 46.2 Å². The van der Waals surface area contributed by atoms with E-state index in [1.807, 2.05) is 35.7 Å². The summed E-state index contributed by atoms with van der Waals surface area (Å²) in [6.45, 7) is 0. The molecule has 7 nitrogen and oxygen atoms in total. The molecule has 0 N–H and O–H groups in total. The molecule has 0 saturated carbocycles. The summed E-state index contributed by atoms with van der Waals surface area (Å²) in [5.41, 5.74) is 1.72. The number of para-hydroxylation sites is 1. The smallest absolute Gasteiger partial charge is 0.306 e. The molecular formula is C21H24N2O5S2.